The van der Waals surface area contributed by atoms with E-state index in [4.69, 9.17) is 0 Å². The Bertz CT molecular complexity index is 2340. The minimum Gasteiger partial charge on any atom is -0.354 e. The highest BCUT2D eigenvalue weighted by Crippen LogP contribution is 2.64. The lowest BCUT2D eigenvalue weighted by Gasteiger charge is -2.31. The number of aromatic nitrogens is 1. The minimum atomic E-state index is -0.433. The van der Waals surface area contributed by atoms with E-state index in [1.54, 1.807) is 0 Å². The number of para-hydroxylation sites is 1. The smallest absolute Gasteiger partial charge is 0.0726 e. The van der Waals surface area contributed by atoms with E-state index in [0.717, 1.165) is 0 Å². The highest BCUT2D eigenvalue weighted by atomic mass is 14.7. The van der Waals surface area contributed by atoms with Gasteiger partial charge in [0.25, 0.3) is 0 Å². The molecule has 0 saturated carbocycles. The molecule has 0 unspecified atom stereocenters. The van der Waals surface area contributed by atoms with Gasteiger partial charge in [-0.1, -0.05) is 140 Å². The maximum Gasteiger partial charge on any atom is 0.0726 e. The van der Waals surface area contributed by atoms with Gasteiger partial charge >= 0.3 is 0 Å². The molecule has 0 atom stereocenters. The summed E-state index contributed by atoms with van der Waals surface area (Å²) in [5.74, 6) is 0. The summed E-state index contributed by atoms with van der Waals surface area (Å²) in [6, 6.07) is 58.4. The van der Waals surface area contributed by atoms with Crippen molar-refractivity contribution >= 4 is 21.8 Å². The first-order valence-corrected chi connectivity index (χ1v) is 15.4. The van der Waals surface area contributed by atoms with Crippen molar-refractivity contribution in [3.8, 4) is 44.5 Å². The van der Waals surface area contributed by atoms with Crippen LogP contribution in [0.5, 0.6) is 0 Å². The van der Waals surface area contributed by atoms with Gasteiger partial charge in [0.1, 0.15) is 0 Å². The molecule has 0 saturated heterocycles. The summed E-state index contributed by atoms with van der Waals surface area (Å²) >= 11 is 0. The van der Waals surface area contributed by atoms with Crippen molar-refractivity contribution in [3.63, 3.8) is 0 Å². The summed E-state index contributed by atoms with van der Waals surface area (Å²) in [5.41, 5.74) is 17.7. The molecule has 204 valence electrons. The maximum atomic E-state index is 3.85. The van der Waals surface area contributed by atoms with Gasteiger partial charge in [-0.25, -0.2) is 0 Å². The first-order valence-electron chi connectivity index (χ1n) is 15.4. The lowest BCUT2D eigenvalue weighted by molar-refractivity contribution is 0.795. The molecule has 2 aliphatic carbocycles. The predicted molar refractivity (Wildman–Crippen MR) is 183 cm³/mol. The van der Waals surface area contributed by atoms with Crippen molar-refractivity contribution in [1.82, 2.24) is 4.98 Å². The van der Waals surface area contributed by atoms with E-state index in [0.29, 0.717) is 0 Å². The van der Waals surface area contributed by atoms with E-state index in [-0.39, 0.29) is 0 Å². The Morgan fingerprint density at radius 3 is 1.64 bits per heavy atom. The molecule has 0 radical (unpaired) electrons. The van der Waals surface area contributed by atoms with Crippen LogP contribution >= 0.6 is 0 Å². The average molecular weight is 558 g/mol. The quantitative estimate of drug-likeness (QED) is 0.218. The molecule has 1 aromatic heterocycles. The zero-order valence-electron chi connectivity index (χ0n) is 24.0. The van der Waals surface area contributed by atoms with E-state index in [9.17, 15) is 0 Å². The molecular weight excluding hydrogens is 530 g/mol. The summed E-state index contributed by atoms with van der Waals surface area (Å²) in [6.45, 7) is 0. The lowest BCUT2D eigenvalue weighted by Crippen LogP contribution is -2.26. The van der Waals surface area contributed by atoms with E-state index in [2.05, 4.69) is 163 Å². The van der Waals surface area contributed by atoms with Crippen LogP contribution in [0.2, 0.25) is 0 Å². The Morgan fingerprint density at radius 1 is 0.364 bits per heavy atom. The largest absolute Gasteiger partial charge is 0.354 e. The van der Waals surface area contributed by atoms with Crippen LogP contribution in [0, 0.1) is 0 Å². The van der Waals surface area contributed by atoms with Crippen LogP contribution in [0.25, 0.3) is 66.3 Å². The molecule has 8 aromatic rings. The maximum absolute atomic E-state index is 3.85. The molecule has 0 aliphatic heterocycles. The summed E-state index contributed by atoms with van der Waals surface area (Å²) in [7, 11) is 0. The summed E-state index contributed by atoms with van der Waals surface area (Å²) in [6.07, 6.45) is 0. The van der Waals surface area contributed by atoms with Crippen molar-refractivity contribution in [3.05, 3.63) is 180 Å². The molecule has 1 spiro atoms. The third kappa shape index (κ3) is 2.98. The molecule has 1 N–H and O–H groups in total. The number of hydrogen-bond acceptors (Lipinski definition) is 0. The lowest BCUT2D eigenvalue weighted by atomic mass is 9.70. The second-order valence-corrected chi connectivity index (χ2v) is 12.1. The van der Waals surface area contributed by atoms with E-state index in [1.165, 1.54) is 88.6 Å². The van der Waals surface area contributed by atoms with Crippen LogP contribution < -0.4 is 0 Å². The molecule has 1 heteroatoms. The molecule has 7 aromatic carbocycles. The normalized spacial score (nSPS) is 13.6. The van der Waals surface area contributed by atoms with E-state index < -0.39 is 5.41 Å². The monoisotopic (exact) mass is 557 g/mol. The minimum absolute atomic E-state index is 0.433. The van der Waals surface area contributed by atoms with Gasteiger partial charge in [-0.05, 0) is 79.4 Å². The van der Waals surface area contributed by atoms with Crippen LogP contribution in [0.15, 0.2) is 158 Å². The number of rotatable bonds is 2. The van der Waals surface area contributed by atoms with Gasteiger partial charge in [-0.15, -0.1) is 0 Å². The number of aromatic amines is 1. The third-order valence-electron chi connectivity index (χ3n) is 10.0. The topological polar surface area (TPSA) is 15.8 Å². The molecule has 2 aliphatic rings. The number of benzene rings is 7. The van der Waals surface area contributed by atoms with Crippen LogP contribution in [0.1, 0.15) is 22.3 Å². The van der Waals surface area contributed by atoms with E-state index >= 15 is 0 Å². The zero-order valence-corrected chi connectivity index (χ0v) is 24.0. The first-order chi connectivity index (χ1) is 21.8. The van der Waals surface area contributed by atoms with Gasteiger partial charge in [0.2, 0.25) is 0 Å². The number of fused-ring (bicyclic) bond motifs is 14. The van der Waals surface area contributed by atoms with Gasteiger partial charge in [0.05, 0.1) is 10.9 Å². The summed E-state index contributed by atoms with van der Waals surface area (Å²) < 4.78 is 0. The second kappa shape index (κ2) is 8.69. The molecular formula is C43H27N. The Kier molecular flexibility index (Phi) is 4.71. The van der Waals surface area contributed by atoms with Crippen LogP contribution in [0.4, 0.5) is 0 Å². The van der Waals surface area contributed by atoms with Gasteiger partial charge in [-0.2, -0.15) is 0 Å². The molecule has 44 heavy (non-hydrogen) atoms. The van der Waals surface area contributed by atoms with E-state index in [1.807, 2.05) is 0 Å². The van der Waals surface area contributed by atoms with Gasteiger partial charge in [-0.3, -0.25) is 0 Å². The molecule has 0 fully saturated rings. The zero-order chi connectivity index (χ0) is 28.8. The highest BCUT2D eigenvalue weighted by molar-refractivity contribution is 6.15. The van der Waals surface area contributed by atoms with Gasteiger partial charge < -0.3 is 4.98 Å². The Morgan fingerprint density at radius 2 is 0.955 bits per heavy atom. The fraction of sp³-hybridized carbons (Fsp3) is 0.0233. The Labute approximate surface area is 256 Å². The van der Waals surface area contributed by atoms with Crippen molar-refractivity contribution in [1.29, 1.82) is 0 Å². The molecule has 1 heterocycles. The average Bonchev–Trinajstić information content (AvgIpc) is 3.72. The molecule has 1 nitrogen and oxygen atoms in total. The summed E-state index contributed by atoms with van der Waals surface area (Å²) in [5, 5.41) is 2.55. The number of H-pyrrole nitrogens is 1. The second-order valence-electron chi connectivity index (χ2n) is 12.1. The SMILES string of the molecule is c1ccc(-c2ccc3c(c2)C2(c4cc(-c5ccccc5)ccc4-3)c3ccccc3-c3c2ccc2c3[nH]c3ccccc32)cc1. The summed E-state index contributed by atoms with van der Waals surface area (Å²) in [4.78, 5) is 3.85. The Balaban J connectivity index is 1.36. The molecule has 10 rings (SSSR count). The standard InChI is InChI=1S/C43H27N/c1-3-11-27(12-4-1)29-19-21-31-32-22-20-30(28-13-5-2-6-14-28)26-39(32)43(38(31)25-29)36-17-9-7-16-35(36)41-37(43)24-23-34-33-15-8-10-18-40(33)44-42(34)41/h1-26,44H. The van der Waals surface area contributed by atoms with Crippen molar-refractivity contribution in [2.45, 2.75) is 5.41 Å². The highest BCUT2D eigenvalue weighted by Gasteiger charge is 2.52. The fourth-order valence-electron chi connectivity index (χ4n) is 8.21. The number of nitrogens with one attached hydrogen (secondary N) is 1. The molecule has 0 amide bonds. The van der Waals surface area contributed by atoms with Gasteiger partial charge in [0.15, 0.2) is 0 Å². The third-order valence-corrected chi connectivity index (χ3v) is 10.0. The van der Waals surface area contributed by atoms with Crippen LogP contribution in [-0.2, 0) is 5.41 Å². The fourth-order valence-corrected chi connectivity index (χ4v) is 8.21. The molecule has 0 bridgehead atoms. The van der Waals surface area contributed by atoms with Crippen LogP contribution in [0.3, 0.4) is 0 Å². The van der Waals surface area contributed by atoms with Crippen LogP contribution in [-0.4, -0.2) is 4.98 Å². The Hall–Kier alpha value is -5.66. The first kappa shape index (κ1) is 23.9. The van der Waals surface area contributed by atoms with Crippen molar-refractivity contribution in [2.75, 3.05) is 0 Å². The number of hydrogen-bond donors (Lipinski definition) is 1. The van der Waals surface area contributed by atoms with Crippen molar-refractivity contribution in [2.24, 2.45) is 0 Å². The van der Waals surface area contributed by atoms with Gasteiger partial charge in [0, 0.05) is 21.9 Å². The predicted octanol–water partition coefficient (Wildman–Crippen LogP) is 11.0. The van der Waals surface area contributed by atoms with Crippen molar-refractivity contribution < 1.29 is 0 Å².